The highest BCUT2D eigenvalue weighted by Crippen LogP contribution is 1.81. The van der Waals surface area contributed by atoms with Crippen molar-refractivity contribution in [3.05, 3.63) is 48.8 Å². The molecule has 2 nitrogen and oxygen atoms in total. The lowest BCUT2D eigenvalue weighted by Gasteiger charge is -1.84. The molecule has 0 atom stereocenters. The molecular formula is C9H9NO. The number of hydrogen-bond donors (Lipinski definition) is 0. The van der Waals surface area contributed by atoms with Gasteiger partial charge in [0, 0.05) is 12.4 Å². The van der Waals surface area contributed by atoms with Gasteiger partial charge in [-0.05, 0) is 12.1 Å². The van der Waals surface area contributed by atoms with Crippen LogP contribution in [0.5, 0.6) is 0 Å². The van der Waals surface area contributed by atoms with Crippen LogP contribution in [0.15, 0.2) is 48.8 Å². The van der Waals surface area contributed by atoms with Gasteiger partial charge in [0.15, 0.2) is 0 Å². The molecule has 0 radical (unpaired) electrons. The van der Waals surface area contributed by atoms with Gasteiger partial charge in [0.25, 0.3) is 0 Å². The van der Waals surface area contributed by atoms with E-state index in [1.54, 1.807) is 24.5 Å². The molecule has 2 heteroatoms. The summed E-state index contributed by atoms with van der Waals surface area (Å²) in [5, 5.41) is 0. The van der Waals surface area contributed by atoms with Crippen LogP contribution in [-0.2, 0) is 4.79 Å². The third-order valence-electron chi connectivity index (χ3n) is 1.19. The molecule has 11 heavy (non-hydrogen) atoms. The Bertz CT molecular complexity index is 253. The maximum Gasteiger partial charge on any atom is 0.217 e. The number of hydrogen-bond acceptors (Lipinski definition) is 1. The minimum absolute atomic E-state index is 0.750. The summed E-state index contributed by atoms with van der Waals surface area (Å²) in [7, 11) is 0. The fourth-order valence-electron chi connectivity index (χ4n) is 0.675. The van der Waals surface area contributed by atoms with Crippen LogP contribution < -0.4 is 0 Å². The first-order valence-corrected chi connectivity index (χ1v) is 3.34. The van der Waals surface area contributed by atoms with Crippen molar-refractivity contribution >= 4 is 6.41 Å². The van der Waals surface area contributed by atoms with E-state index in [0.717, 1.165) is 6.41 Å². The topological polar surface area (TPSA) is 22.0 Å². The van der Waals surface area contributed by atoms with E-state index >= 15 is 0 Å². The molecule has 0 aliphatic rings. The lowest BCUT2D eigenvalue weighted by Crippen LogP contribution is -1.89. The first-order valence-electron chi connectivity index (χ1n) is 3.34. The SMILES string of the molecule is O=Cn1cccccccc1. The van der Waals surface area contributed by atoms with E-state index in [9.17, 15) is 4.79 Å². The summed E-state index contributed by atoms with van der Waals surface area (Å²) in [5.74, 6) is 0. The van der Waals surface area contributed by atoms with Crippen molar-refractivity contribution in [2.45, 2.75) is 0 Å². The third-order valence-corrected chi connectivity index (χ3v) is 1.19. The van der Waals surface area contributed by atoms with Crippen LogP contribution in [0, 0.1) is 0 Å². The summed E-state index contributed by atoms with van der Waals surface area (Å²) in [6.07, 6.45) is 4.12. The molecule has 1 aromatic rings. The Morgan fingerprint density at radius 2 is 1.27 bits per heavy atom. The van der Waals surface area contributed by atoms with Crippen molar-refractivity contribution in [2.24, 2.45) is 0 Å². The molecule has 1 aromatic heterocycles. The zero-order chi connectivity index (χ0) is 7.94. The molecule has 0 aliphatic carbocycles. The van der Waals surface area contributed by atoms with Crippen molar-refractivity contribution in [1.29, 1.82) is 0 Å². The zero-order valence-corrected chi connectivity index (χ0v) is 6.05. The summed E-state index contributed by atoms with van der Waals surface area (Å²) in [6.45, 7) is 0. The molecule has 0 unspecified atom stereocenters. The summed E-state index contributed by atoms with van der Waals surface area (Å²) in [4.78, 5) is 10.3. The van der Waals surface area contributed by atoms with Gasteiger partial charge in [0.05, 0.1) is 0 Å². The predicted octanol–water partition coefficient (Wildman–Crippen LogP) is 1.65. The Morgan fingerprint density at radius 3 is 1.73 bits per heavy atom. The lowest BCUT2D eigenvalue weighted by atomic mass is 10.5. The number of aromatic nitrogens is 1. The Hall–Kier alpha value is -1.57. The molecular weight excluding hydrogens is 138 g/mol. The van der Waals surface area contributed by atoms with E-state index in [-0.39, 0.29) is 0 Å². The summed E-state index contributed by atoms with van der Waals surface area (Å²) >= 11 is 0. The standard InChI is InChI=1S/C9H9NO/c11-9-10-7-5-3-1-2-4-6-8-10/h1-9H. The molecule has 1 rings (SSSR count). The second-order valence-electron chi connectivity index (χ2n) is 2.01. The molecule has 0 aromatic carbocycles. The number of rotatable bonds is 1. The fourth-order valence-corrected chi connectivity index (χ4v) is 0.675. The molecule has 0 aliphatic heterocycles. The predicted molar refractivity (Wildman–Crippen MR) is 44.2 cm³/mol. The van der Waals surface area contributed by atoms with Crippen molar-refractivity contribution in [3.8, 4) is 0 Å². The van der Waals surface area contributed by atoms with E-state index in [1.807, 2.05) is 24.3 Å². The highest BCUT2D eigenvalue weighted by Gasteiger charge is 1.72. The molecule has 0 amide bonds. The monoisotopic (exact) mass is 147 g/mol. The maximum atomic E-state index is 10.3. The van der Waals surface area contributed by atoms with Crippen LogP contribution in [0.1, 0.15) is 0 Å². The van der Waals surface area contributed by atoms with Crippen LogP contribution in [0.25, 0.3) is 0 Å². The van der Waals surface area contributed by atoms with E-state index in [2.05, 4.69) is 0 Å². The van der Waals surface area contributed by atoms with Crippen molar-refractivity contribution in [1.82, 2.24) is 4.57 Å². The van der Waals surface area contributed by atoms with Crippen molar-refractivity contribution in [2.75, 3.05) is 0 Å². The van der Waals surface area contributed by atoms with Gasteiger partial charge in [-0.25, -0.2) is 0 Å². The Morgan fingerprint density at radius 1 is 0.818 bits per heavy atom. The van der Waals surface area contributed by atoms with Gasteiger partial charge < -0.3 is 0 Å². The molecule has 0 saturated carbocycles. The van der Waals surface area contributed by atoms with Crippen LogP contribution in [0.3, 0.4) is 0 Å². The largest absolute Gasteiger partial charge is 0.297 e. The molecule has 0 saturated heterocycles. The van der Waals surface area contributed by atoms with Gasteiger partial charge in [-0.1, -0.05) is 24.3 Å². The molecule has 0 bridgehead atoms. The van der Waals surface area contributed by atoms with Crippen LogP contribution in [0.2, 0.25) is 0 Å². The van der Waals surface area contributed by atoms with Crippen molar-refractivity contribution in [3.63, 3.8) is 0 Å². The van der Waals surface area contributed by atoms with E-state index in [1.165, 1.54) is 4.57 Å². The van der Waals surface area contributed by atoms with Gasteiger partial charge >= 0.3 is 0 Å². The van der Waals surface area contributed by atoms with Crippen LogP contribution >= 0.6 is 0 Å². The fraction of sp³-hybridized carbons (Fsp3) is 0. The smallest absolute Gasteiger partial charge is 0.217 e. The van der Waals surface area contributed by atoms with E-state index < -0.39 is 0 Å². The summed E-state index contributed by atoms with van der Waals surface area (Å²) in [6, 6.07) is 11.1. The minimum Gasteiger partial charge on any atom is -0.297 e. The van der Waals surface area contributed by atoms with Crippen LogP contribution in [0.4, 0.5) is 0 Å². The van der Waals surface area contributed by atoms with Gasteiger partial charge in [0.2, 0.25) is 6.41 Å². The Kier molecular flexibility index (Phi) is 2.93. The highest BCUT2D eigenvalue weighted by molar-refractivity contribution is 5.50. The second kappa shape index (κ2) is 4.28. The minimum atomic E-state index is 0.750. The lowest BCUT2D eigenvalue weighted by molar-refractivity contribution is 0.547. The van der Waals surface area contributed by atoms with Gasteiger partial charge in [-0.3, -0.25) is 9.36 Å². The highest BCUT2D eigenvalue weighted by atomic mass is 16.1. The van der Waals surface area contributed by atoms with Gasteiger partial charge in [-0.2, -0.15) is 0 Å². The quantitative estimate of drug-likeness (QED) is 0.553. The van der Waals surface area contributed by atoms with E-state index in [4.69, 9.17) is 0 Å². The summed E-state index contributed by atoms with van der Waals surface area (Å²) in [5.41, 5.74) is 0. The first kappa shape index (κ1) is 7.54. The van der Waals surface area contributed by atoms with Gasteiger partial charge in [0.1, 0.15) is 0 Å². The molecule has 56 valence electrons. The Labute approximate surface area is 65.4 Å². The molecule has 0 N–H and O–H groups in total. The Balaban J connectivity index is 3.16. The van der Waals surface area contributed by atoms with Crippen LogP contribution in [-0.4, -0.2) is 11.0 Å². The molecule has 1 heterocycles. The number of carbonyl (C=O) groups excluding carboxylic acids is 1. The van der Waals surface area contributed by atoms with E-state index in [0.29, 0.717) is 0 Å². The third kappa shape index (κ3) is 2.67. The first-order chi connectivity index (χ1) is 5.43. The average Bonchev–Trinajstić information content (AvgIpc) is 2.16. The van der Waals surface area contributed by atoms with Crippen molar-refractivity contribution < 1.29 is 4.79 Å². The summed E-state index contributed by atoms with van der Waals surface area (Å²) < 4.78 is 1.44. The number of nitrogens with zero attached hydrogens (tertiary/aromatic N) is 1. The second-order valence-corrected chi connectivity index (χ2v) is 2.01. The molecule has 0 fully saturated rings. The molecule has 0 spiro atoms. The zero-order valence-electron chi connectivity index (χ0n) is 6.05. The maximum absolute atomic E-state index is 10.3. The number of carbonyl (C=O) groups is 1. The average molecular weight is 147 g/mol. The normalized spacial score (nSPS) is 8.36. The van der Waals surface area contributed by atoms with Gasteiger partial charge in [-0.15, -0.1) is 0 Å².